The molecule has 0 atom stereocenters. The van der Waals surface area contributed by atoms with Crippen LogP contribution in [0.15, 0.2) is 44.4 Å². The molecule has 2 aromatic rings. The zero-order valence-electron chi connectivity index (χ0n) is 6.97. The minimum atomic E-state index is -2.60. The van der Waals surface area contributed by atoms with Crippen LogP contribution in [0.25, 0.3) is 11.0 Å². The summed E-state index contributed by atoms with van der Waals surface area (Å²) in [5.41, 5.74) is -0.0603. The molecule has 0 unspecified atom stereocenters. The van der Waals surface area contributed by atoms with E-state index < -0.39 is 16.3 Å². The van der Waals surface area contributed by atoms with Crippen LogP contribution >= 0.6 is 0 Å². The Morgan fingerprint density at radius 1 is 1.07 bits per heavy atom. The predicted octanol–water partition coefficient (Wildman–Crippen LogP) is 0.763. The fraction of sp³-hybridized carbons (Fsp3) is 0. The fourth-order valence-corrected chi connectivity index (χ4v) is 1.61. The second-order valence-electron chi connectivity index (χ2n) is 2.73. The van der Waals surface area contributed by atoms with E-state index in [0.717, 1.165) is 0 Å². The molecule has 1 aromatic heterocycles. The monoisotopic (exact) mass is 210 g/mol. The van der Waals surface area contributed by atoms with E-state index in [-0.39, 0.29) is 4.90 Å². The highest BCUT2D eigenvalue weighted by atomic mass is 32.2. The number of hydrogen-bond acceptors (Lipinski definition) is 4. The van der Waals surface area contributed by atoms with Crippen molar-refractivity contribution in [2.75, 3.05) is 0 Å². The summed E-state index contributed by atoms with van der Waals surface area (Å²) in [7, 11) is -2.60. The van der Waals surface area contributed by atoms with Crippen LogP contribution in [0.4, 0.5) is 0 Å². The van der Waals surface area contributed by atoms with E-state index in [2.05, 4.69) is 0 Å². The zero-order valence-corrected chi connectivity index (χ0v) is 7.86. The fourth-order valence-electron chi connectivity index (χ4n) is 1.17. The lowest BCUT2D eigenvalue weighted by molar-refractivity contribution is 0.560. The molecule has 0 aliphatic heterocycles. The van der Waals surface area contributed by atoms with E-state index in [4.69, 9.17) is 4.42 Å². The molecule has 0 N–H and O–H groups in total. The van der Waals surface area contributed by atoms with Gasteiger partial charge in [-0.2, -0.15) is 0 Å². The Kier molecular flexibility index (Phi) is 2.09. The van der Waals surface area contributed by atoms with E-state index in [9.17, 15) is 13.2 Å². The van der Waals surface area contributed by atoms with Crippen molar-refractivity contribution in [2.24, 2.45) is 0 Å². The van der Waals surface area contributed by atoms with Gasteiger partial charge in [0.25, 0.3) is 0 Å². The molecule has 0 radical (unpaired) electrons. The molecule has 0 fully saturated rings. The van der Waals surface area contributed by atoms with Crippen molar-refractivity contribution in [3.63, 3.8) is 0 Å². The Bertz CT molecular complexity index is 601. The molecule has 0 saturated carbocycles. The van der Waals surface area contributed by atoms with Crippen molar-refractivity contribution in [1.29, 1.82) is 0 Å². The van der Waals surface area contributed by atoms with Crippen molar-refractivity contribution in [2.45, 2.75) is 4.90 Å². The molecule has 0 aliphatic rings. The highest BCUT2D eigenvalue weighted by molar-refractivity contribution is 7.72. The first-order chi connectivity index (χ1) is 6.66. The van der Waals surface area contributed by atoms with Crippen LogP contribution in [0, 0.1) is 0 Å². The maximum atomic E-state index is 10.8. The summed E-state index contributed by atoms with van der Waals surface area (Å²) in [6, 6.07) is 7.12. The lowest BCUT2D eigenvalue weighted by atomic mass is 10.2. The maximum absolute atomic E-state index is 10.8. The van der Waals surface area contributed by atoms with Gasteiger partial charge in [-0.1, -0.05) is 0 Å². The van der Waals surface area contributed by atoms with Crippen LogP contribution in [0.1, 0.15) is 0 Å². The van der Waals surface area contributed by atoms with Gasteiger partial charge >= 0.3 is 5.63 Å². The first-order valence-corrected chi connectivity index (χ1v) is 5.03. The minimum absolute atomic E-state index is 0.210. The minimum Gasteiger partial charge on any atom is -0.423 e. The van der Waals surface area contributed by atoms with Gasteiger partial charge in [-0.3, -0.25) is 0 Å². The van der Waals surface area contributed by atoms with Gasteiger partial charge in [0.15, 0.2) is 10.7 Å². The lowest BCUT2D eigenvalue weighted by Crippen LogP contribution is -1.94. The van der Waals surface area contributed by atoms with Gasteiger partial charge in [-0.05, 0) is 24.3 Å². The van der Waals surface area contributed by atoms with Crippen LogP contribution < -0.4 is 5.63 Å². The van der Waals surface area contributed by atoms with Crippen molar-refractivity contribution in [3.05, 3.63) is 40.8 Å². The lowest BCUT2D eigenvalue weighted by Gasteiger charge is -1.95. The average Bonchev–Trinajstić information content (AvgIpc) is 2.16. The van der Waals surface area contributed by atoms with Gasteiger partial charge in [0.1, 0.15) is 5.58 Å². The van der Waals surface area contributed by atoms with Gasteiger partial charge < -0.3 is 4.42 Å². The molecule has 0 spiro atoms. The summed E-state index contributed by atoms with van der Waals surface area (Å²) in [5.74, 6) is 0. The highest BCUT2D eigenvalue weighted by Crippen LogP contribution is 2.14. The molecule has 72 valence electrons. The first-order valence-electron chi connectivity index (χ1n) is 3.85. The Morgan fingerprint density at radius 2 is 1.86 bits per heavy atom. The molecular formula is C9H6O4S. The Balaban J connectivity index is 2.79. The van der Waals surface area contributed by atoms with Gasteiger partial charge in [0.05, 0.1) is 4.90 Å². The Labute approximate surface area is 80.7 Å². The van der Waals surface area contributed by atoms with Gasteiger partial charge in [0.2, 0.25) is 0 Å². The van der Waals surface area contributed by atoms with Crippen molar-refractivity contribution in [3.8, 4) is 0 Å². The van der Waals surface area contributed by atoms with Crippen LogP contribution in [0.5, 0.6) is 0 Å². The molecule has 0 amide bonds. The largest absolute Gasteiger partial charge is 0.423 e. The molecule has 4 nitrogen and oxygen atoms in total. The summed E-state index contributed by atoms with van der Waals surface area (Å²) in [4.78, 5) is 11.0. The van der Waals surface area contributed by atoms with Crippen molar-refractivity contribution >= 4 is 21.7 Å². The van der Waals surface area contributed by atoms with E-state index in [1.54, 1.807) is 0 Å². The third-order valence-corrected chi connectivity index (χ3v) is 2.51. The van der Waals surface area contributed by atoms with E-state index in [1.807, 2.05) is 0 Å². The smallest absolute Gasteiger partial charge is 0.336 e. The third-order valence-electron chi connectivity index (χ3n) is 1.81. The van der Waals surface area contributed by atoms with Crippen LogP contribution in [-0.2, 0) is 10.7 Å². The summed E-state index contributed by atoms with van der Waals surface area (Å²) in [6.45, 7) is 0. The number of fused-ring (bicyclic) bond motifs is 1. The van der Waals surface area contributed by atoms with Gasteiger partial charge in [-0.25, -0.2) is 13.2 Å². The molecule has 2 rings (SSSR count). The number of benzene rings is 1. The molecule has 14 heavy (non-hydrogen) atoms. The molecule has 0 saturated heterocycles. The Hall–Kier alpha value is -1.62. The molecule has 1 heterocycles. The quantitative estimate of drug-likeness (QED) is 0.557. The summed E-state index contributed by atoms with van der Waals surface area (Å²) in [6.07, 6.45) is 0. The van der Waals surface area contributed by atoms with Crippen LogP contribution in [0.3, 0.4) is 0 Å². The molecular weight excluding hydrogens is 204 g/mol. The summed E-state index contributed by atoms with van der Waals surface area (Å²) in [5, 5.41) is 0.598. The van der Waals surface area contributed by atoms with Crippen molar-refractivity contribution < 1.29 is 12.8 Å². The van der Waals surface area contributed by atoms with Crippen LogP contribution in [-0.4, -0.2) is 8.42 Å². The second-order valence-corrected chi connectivity index (χ2v) is 3.76. The maximum Gasteiger partial charge on any atom is 0.336 e. The normalized spacial score (nSPS) is 10.9. The van der Waals surface area contributed by atoms with Crippen molar-refractivity contribution in [1.82, 2.24) is 0 Å². The van der Waals surface area contributed by atoms with Gasteiger partial charge in [-0.15, -0.1) is 0 Å². The first kappa shape index (κ1) is 8.96. The van der Waals surface area contributed by atoms with E-state index in [1.165, 1.54) is 30.3 Å². The predicted molar refractivity (Wildman–Crippen MR) is 51.1 cm³/mol. The topological polar surface area (TPSA) is 64.3 Å². The number of rotatable bonds is 1. The molecule has 1 aromatic carbocycles. The standard InChI is InChI=1S/C9H6O4S/c10-9-4-1-6-5-7(14(11)12)2-3-8(6)13-9/h1-5,14H. The highest BCUT2D eigenvalue weighted by Gasteiger charge is 1.99. The second kappa shape index (κ2) is 3.26. The number of hydrogen-bond donors (Lipinski definition) is 1. The van der Waals surface area contributed by atoms with Crippen LogP contribution in [0.2, 0.25) is 0 Å². The average molecular weight is 210 g/mol. The van der Waals surface area contributed by atoms with Gasteiger partial charge in [0, 0.05) is 11.5 Å². The summed E-state index contributed by atoms with van der Waals surface area (Å²) >= 11 is 0. The summed E-state index contributed by atoms with van der Waals surface area (Å²) < 4.78 is 26.2. The third kappa shape index (κ3) is 1.54. The van der Waals surface area contributed by atoms with E-state index in [0.29, 0.717) is 11.0 Å². The molecule has 0 aliphatic carbocycles. The molecule has 0 bridgehead atoms. The SMILES string of the molecule is O=c1ccc2cc([SH](=O)=O)ccc2o1. The zero-order chi connectivity index (χ0) is 10.1. The van der Waals surface area contributed by atoms with E-state index >= 15 is 0 Å². The Morgan fingerprint density at radius 3 is 2.57 bits per heavy atom. The molecule has 5 heteroatoms. The number of thiol groups is 1.